The van der Waals surface area contributed by atoms with E-state index in [-0.39, 0.29) is 11.9 Å². The molecule has 0 aliphatic carbocycles. The molecule has 2 heterocycles. The second-order valence-electron chi connectivity index (χ2n) is 10.1. The lowest BCUT2D eigenvalue weighted by Crippen LogP contribution is -2.47. The van der Waals surface area contributed by atoms with Gasteiger partial charge in [-0.3, -0.25) is 9.69 Å². The summed E-state index contributed by atoms with van der Waals surface area (Å²) in [7, 11) is 4.33. The maximum absolute atomic E-state index is 13.2. The Labute approximate surface area is 216 Å². The molecule has 0 radical (unpaired) electrons. The van der Waals surface area contributed by atoms with Crippen LogP contribution in [0.2, 0.25) is 0 Å². The highest BCUT2D eigenvalue weighted by Crippen LogP contribution is 2.28. The minimum atomic E-state index is -0.00750. The van der Waals surface area contributed by atoms with Crippen LogP contribution in [0.5, 0.6) is 0 Å². The molecule has 6 heteroatoms. The molecule has 1 fully saturated rings. The summed E-state index contributed by atoms with van der Waals surface area (Å²) in [5.74, 6) is -0.00750. The molecule has 1 aromatic heterocycles. The number of carbonyl (C=O) groups is 1. The van der Waals surface area contributed by atoms with E-state index in [9.17, 15) is 4.79 Å². The largest absolute Gasteiger partial charge is 0.350 e. The van der Waals surface area contributed by atoms with Crippen LogP contribution in [-0.4, -0.2) is 54.6 Å². The summed E-state index contributed by atoms with van der Waals surface area (Å²) in [6.07, 6.45) is 11.7. The fraction of sp³-hybridized carbons (Fsp3) is 0.586. The number of nitrogens with one attached hydrogen (secondary N) is 1. The normalized spacial score (nSPS) is 20.0. The standard InChI is InChI=1S/C29H44N4OS/c1-7-9-15-24(18-23(8-2)26-17-11-10-13-21(26)3)31-28(34)27-19-30-29(35-27)32(5)20-25-16-12-14-22(4)33(25)6/h8,10-11,13,17,19,22,24-25H,7,9,12,14-16,18,20H2,1-6H3,(H,31,34)/b23-8-. The summed E-state index contributed by atoms with van der Waals surface area (Å²) in [6.45, 7) is 9.70. The van der Waals surface area contributed by atoms with Crippen molar-refractivity contribution < 1.29 is 4.79 Å². The number of aromatic nitrogens is 1. The quantitative estimate of drug-likeness (QED) is 0.384. The lowest BCUT2D eigenvalue weighted by molar-refractivity contribution is 0.0939. The molecule has 1 amide bonds. The Kier molecular flexibility index (Phi) is 10.4. The molecule has 3 atom stereocenters. The van der Waals surface area contributed by atoms with Crippen molar-refractivity contribution in [3.05, 3.63) is 52.5 Å². The summed E-state index contributed by atoms with van der Waals surface area (Å²) < 4.78 is 0. The molecule has 1 aliphatic heterocycles. The topological polar surface area (TPSA) is 48.5 Å². The number of allylic oxidation sites excluding steroid dienone is 1. The number of amides is 1. The van der Waals surface area contributed by atoms with Crippen LogP contribution in [0.25, 0.3) is 5.57 Å². The Bertz CT molecular complexity index is 985. The number of hydrogen-bond donors (Lipinski definition) is 1. The summed E-state index contributed by atoms with van der Waals surface area (Å²) in [5.41, 5.74) is 3.84. The monoisotopic (exact) mass is 496 g/mol. The molecule has 0 bridgehead atoms. The first-order valence-electron chi connectivity index (χ1n) is 13.2. The van der Waals surface area contributed by atoms with Crippen molar-refractivity contribution in [3.8, 4) is 0 Å². The van der Waals surface area contributed by atoms with Gasteiger partial charge in [-0.05, 0) is 70.2 Å². The van der Waals surface area contributed by atoms with Gasteiger partial charge in [0, 0.05) is 31.7 Å². The highest BCUT2D eigenvalue weighted by atomic mass is 32.1. The van der Waals surface area contributed by atoms with Gasteiger partial charge in [0.15, 0.2) is 5.13 Å². The van der Waals surface area contributed by atoms with E-state index in [0.29, 0.717) is 17.0 Å². The van der Waals surface area contributed by atoms with Crippen molar-refractivity contribution in [2.75, 3.05) is 25.5 Å². The Hall–Kier alpha value is -2.18. The maximum Gasteiger partial charge on any atom is 0.263 e. The third-order valence-corrected chi connectivity index (χ3v) is 8.62. The molecule has 1 aromatic carbocycles. The molecule has 192 valence electrons. The maximum atomic E-state index is 13.2. The van der Waals surface area contributed by atoms with E-state index in [1.54, 1.807) is 6.20 Å². The summed E-state index contributed by atoms with van der Waals surface area (Å²) in [4.78, 5) is 23.2. The zero-order valence-corrected chi connectivity index (χ0v) is 23.3. The predicted molar refractivity (Wildman–Crippen MR) is 150 cm³/mol. The van der Waals surface area contributed by atoms with E-state index in [1.807, 2.05) is 0 Å². The second kappa shape index (κ2) is 13.2. The number of likely N-dealkylation sites (N-methyl/N-ethyl adjacent to an activating group) is 2. The van der Waals surface area contributed by atoms with Crippen LogP contribution >= 0.6 is 11.3 Å². The van der Waals surface area contributed by atoms with Crippen LogP contribution in [-0.2, 0) is 0 Å². The van der Waals surface area contributed by atoms with Crippen LogP contribution in [0.4, 0.5) is 5.13 Å². The minimum Gasteiger partial charge on any atom is -0.350 e. The SMILES string of the molecule is C/C=C(/CC(CCCC)NC(=O)c1cnc(N(C)CC2CCCC(C)N2C)s1)c1ccccc1C. The molecule has 1 aliphatic rings. The number of unbranched alkanes of at least 4 members (excludes halogenated alkanes) is 1. The number of piperidine rings is 1. The zero-order chi connectivity index (χ0) is 25.4. The zero-order valence-electron chi connectivity index (χ0n) is 22.5. The first-order valence-corrected chi connectivity index (χ1v) is 14.1. The van der Waals surface area contributed by atoms with Gasteiger partial charge in [0.05, 0.1) is 6.20 Å². The smallest absolute Gasteiger partial charge is 0.263 e. The highest BCUT2D eigenvalue weighted by molar-refractivity contribution is 7.17. The predicted octanol–water partition coefficient (Wildman–Crippen LogP) is 6.54. The molecule has 0 saturated carbocycles. The van der Waals surface area contributed by atoms with Crippen molar-refractivity contribution in [1.82, 2.24) is 15.2 Å². The fourth-order valence-corrected chi connectivity index (χ4v) is 5.88. The Balaban J connectivity index is 1.65. The molecule has 1 saturated heterocycles. The second-order valence-corrected chi connectivity index (χ2v) is 11.1. The van der Waals surface area contributed by atoms with Gasteiger partial charge in [0.25, 0.3) is 5.91 Å². The van der Waals surface area contributed by atoms with E-state index >= 15 is 0 Å². The van der Waals surface area contributed by atoms with E-state index in [4.69, 9.17) is 0 Å². The van der Waals surface area contributed by atoms with Gasteiger partial charge in [0.1, 0.15) is 4.88 Å². The number of likely N-dealkylation sites (tertiary alicyclic amines) is 1. The molecule has 2 aromatic rings. The molecule has 3 rings (SSSR count). The number of thiazole rings is 1. The third kappa shape index (κ3) is 7.40. The lowest BCUT2D eigenvalue weighted by Gasteiger charge is -2.39. The molecule has 1 N–H and O–H groups in total. The van der Waals surface area contributed by atoms with Crippen molar-refractivity contribution in [2.24, 2.45) is 0 Å². The van der Waals surface area contributed by atoms with Crippen LogP contribution < -0.4 is 10.2 Å². The van der Waals surface area contributed by atoms with Crippen molar-refractivity contribution in [2.45, 2.75) is 90.8 Å². The van der Waals surface area contributed by atoms with E-state index in [1.165, 1.54) is 47.3 Å². The first-order chi connectivity index (χ1) is 16.8. The van der Waals surface area contributed by atoms with Crippen LogP contribution in [0.15, 0.2) is 36.5 Å². The molecular formula is C29H44N4OS. The van der Waals surface area contributed by atoms with E-state index in [2.05, 4.69) is 92.2 Å². The van der Waals surface area contributed by atoms with E-state index in [0.717, 1.165) is 37.4 Å². The number of rotatable bonds is 11. The number of nitrogens with zero attached hydrogens (tertiary/aromatic N) is 3. The number of benzene rings is 1. The molecule has 0 spiro atoms. The number of hydrogen-bond acceptors (Lipinski definition) is 5. The highest BCUT2D eigenvalue weighted by Gasteiger charge is 2.26. The summed E-state index contributed by atoms with van der Waals surface area (Å²) >= 11 is 1.50. The number of aryl methyl sites for hydroxylation is 1. The molecule has 35 heavy (non-hydrogen) atoms. The Morgan fingerprint density at radius 2 is 2.11 bits per heavy atom. The van der Waals surface area contributed by atoms with Gasteiger partial charge in [-0.15, -0.1) is 0 Å². The van der Waals surface area contributed by atoms with Crippen LogP contribution in [0, 0.1) is 6.92 Å². The number of carbonyl (C=O) groups excluding carboxylic acids is 1. The van der Waals surface area contributed by atoms with Crippen molar-refractivity contribution in [3.63, 3.8) is 0 Å². The van der Waals surface area contributed by atoms with Gasteiger partial charge >= 0.3 is 0 Å². The fourth-order valence-electron chi connectivity index (χ4n) is 5.09. The molecule has 3 unspecified atom stereocenters. The first kappa shape index (κ1) is 27.4. The van der Waals surface area contributed by atoms with Gasteiger partial charge in [-0.1, -0.05) is 67.9 Å². The Morgan fingerprint density at radius 3 is 2.83 bits per heavy atom. The van der Waals surface area contributed by atoms with Gasteiger partial charge in [0.2, 0.25) is 0 Å². The van der Waals surface area contributed by atoms with Crippen molar-refractivity contribution >= 4 is 27.9 Å². The summed E-state index contributed by atoms with van der Waals surface area (Å²) in [5, 5.41) is 4.25. The van der Waals surface area contributed by atoms with Gasteiger partial charge < -0.3 is 10.2 Å². The molecule has 5 nitrogen and oxygen atoms in total. The number of anilines is 1. The summed E-state index contributed by atoms with van der Waals surface area (Å²) in [6, 6.07) is 9.76. The van der Waals surface area contributed by atoms with Crippen LogP contribution in [0.3, 0.4) is 0 Å². The minimum absolute atomic E-state index is 0.00750. The average molecular weight is 497 g/mol. The van der Waals surface area contributed by atoms with Gasteiger partial charge in [-0.25, -0.2) is 4.98 Å². The average Bonchev–Trinajstić information content (AvgIpc) is 3.35. The van der Waals surface area contributed by atoms with Crippen LogP contribution in [0.1, 0.15) is 86.5 Å². The van der Waals surface area contributed by atoms with Gasteiger partial charge in [-0.2, -0.15) is 0 Å². The lowest BCUT2D eigenvalue weighted by atomic mass is 9.93. The molecular weight excluding hydrogens is 452 g/mol. The van der Waals surface area contributed by atoms with Crippen molar-refractivity contribution in [1.29, 1.82) is 0 Å². The van der Waals surface area contributed by atoms with E-state index < -0.39 is 0 Å². The Morgan fingerprint density at radius 1 is 1.34 bits per heavy atom. The third-order valence-electron chi connectivity index (χ3n) is 7.51.